The van der Waals surface area contributed by atoms with Crippen molar-refractivity contribution < 1.29 is 4.74 Å². The molecule has 9 aromatic carbocycles. The monoisotopic (exact) mass is 739 g/mol. The average Bonchev–Trinajstić information content (AvgIpc) is 3.94. The fraction of sp³-hybridized carbons (Fsp3) is 0. The lowest BCUT2D eigenvalue weighted by Gasteiger charge is -2.21. The fourth-order valence-corrected chi connectivity index (χ4v) is 9.73. The van der Waals surface area contributed by atoms with Crippen molar-refractivity contribution in [3.8, 4) is 50.8 Å². The molecule has 0 radical (unpaired) electrons. The van der Waals surface area contributed by atoms with Gasteiger partial charge in [-0.3, -0.25) is 0 Å². The molecule has 0 saturated carbocycles. The molecular weight excluding hydrogens is 707 g/mol. The lowest BCUT2D eigenvalue weighted by atomic mass is 9.96. The zero-order valence-corrected chi connectivity index (χ0v) is 31.3. The summed E-state index contributed by atoms with van der Waals surface area (Å²) in [5, 5.41) is 7.44. The number of aromatic nitrogens is 3. The zero-order valence-electron chi connectivity index (χ0n) is 31.3. The SMILES string of the molecule is c1cc(-c2ccc(-c3ccc4c5c3c3ccccc3n5-c3ccccc3O4)cc2)cc(-n2c3ccccc3c3cc(-n4c5ccccc5c5ccccc54)ccc32)c1. The van der Waals surface area contributed by atoms with E-state index in [9.17, 15) is 0 Å². The number of ether oxygens (including phenoxy) is 1. The topological polar surface area (TPSA) is 24.0 Å². The van der Waals surface area contributed by atoms with E-state index < -0.39 is 0 Å². The van der Waals surface area contributed by atoms with Crippen LogP contribution >= 0.6 is 0 Å². The van der Waals surface area contributed by atoms with E-state index in [0.717, 1.165) is 34.1 Å². The van der Waals surface area contributed by atoms with Crippen LogP contribution in [-0.4, -0.2) is 13.7 Å². The van der Waals surface area contributed by atoms with Gasteiger partial charge in [0.15, 0.2) is 11.5 Å². The van der Waals surface area contributed by atoms with Crippen LogP contribution in [0.1, 0.15) is 0 Å². The molecule has 1 aliphatic rings. The Hall–Kier alpha value is -7.82. The highest BCUT2D eigenvalue weighted by Crippen LogP contribution is 2.48. The van der Waals surface area contributed by atoms with Crippen molar-refractivity contribution in [3.05, 3.63) is 200 Å². The maximum Gasteiger partial charge on any atom is 0.152 e. The van der Waals surface area contributed by atoms with Gasteiger partial charge in [-0.25, -0.2) is 0 Å². The summed E-state index contributed by atoms with van der Waals surface area (Å²) in [7, 11) is 0. The van der Waals surface area contributed by atoms with Crippen molar-refractivity contribution >= 4 is 65.4 Å². The fourth-order valence-electron chi connectivity index (χ4n) is 9.73. The van der Waals surface area contributed by atoms with Crippen molar-refractivity contribution in [1.29, 1.82) is 0 Å². The highest BCUT2D eigenvalue weighted by atomic mass is 16.5. The quantitative estimate of drug-likeness (QED) is 0.176. The van der Waals surface area contributed by atoms with E-state index in [2.05, 4.69) is 202 Å². The summed E-state index contributed by atoms with van der Waals surface area (Å²) in [6, 6.07) is 72.5. The first-order valence-electron chi connectivity index (χ1n) is 19.8. The van der Waals surface area contributed by atoms with Crippen LogP contribution in [-0.2, 0) is 0 Å². The number of rotatable bonds is 4. The standard InChI is InChI=1S/C54H33N3O/c1-5-18-45-40(14-1)41-15-2-6-19-46(41)56(45)38-28-30-49-44(33-38)42-16-3-7-20-47(42)55(49)37-13-11-12-36(32-37)34-24-26-35(27-25-34)39-29-31-52-54-53(39)43-17-4-8-21-48(43)57(54)50-22-9-10-23-51(50)58-52/h1-33H. The molecule has 13 rings (SSSR count). The van der Waals surface area contributed by atoms with E-state index in [4.69, 9.17) is 4.74 Å². The Balaban J connectivity index is 0.921. The summed E-state index contributed by atoms with van der Waals surface area (Å²) in [5.41, 5.74) is 15.2. The van der Waals surface area contributed by atoms with Gasteiger partial charge in [-0.15, -0.1) is 0 Å². The Bertz CT molecular complexity index is 3600. The second-order valence-electron chi connectivity index (χ2n) is 15.3. The van der Waals surface area contributed by atoms with E-state index >= 15 is 0 Å². The molecule has 4 heterocycles. The summed E-state index contributed by atoms with van der Waals surface area (Å²) in [5.74, 6) is 1.76. The molecule has 0 atom stereocenters. The van der Waals surface area contributed by atoms with Gasteiger partial charge in [-0.1, -0.05) is 121 Å². The number of hydrogen-bond donors (Lipinski definition) is 0. The number of hydrogen-bond acceptors (Lipinski definition) is 1. The van der Waals surface area contributed by atoms with Crippen LogP contribution < -0.4 is 4.74 Å². The molecule has 4 nitrogen and oxygen atoms in total. The Morgan fingerprint density at radius 1 is 0.310 bits per heavy atom. The summed E-state index contributed by atoms with van der Waals surface area (Å²) in [4.78, 5) is 0. The van der Waals surface area contributed by atoms with Gasteiger partial charge in [0.05, 0.1) is 38.8 Å². The summed E-state index contributed by atoms with van der Waals surface area (Å²) in [6.45, 7) is 0. The second kappa shape index (κ2) is 11.8. The first kappa shape index (κ1) is 31.4. The molecule has 4 heteroatoms. The molecule has 58 heavy (non-hydrogen) atoms. The van der Waals surface area contributed by atoms with Gasteiger partial charge >= 0.3 is 0 Å². The van der Waals surface area contributed by atoms with Crippen molar-refractivity contribution in [3.63, 3.8) is 0 Å². The van der Waals surface area contributed by atoms with E-state index in [0.29, 0.717) is 0 Å². The van der Waals surface area contributed by atoms with E-state index in [1.165, 1.54) is 82.2 Å². The van der Waals surface area contributed by atoms with E-state index in [1.54, 1.807) is 0 Å². The average molecular weight is 740 g/mol. The van der Waals surface area contributed by atoms with E-state index in [-0.39, 0.29) is 0 Å². The first-order chi connectivity index (χ1) is 28.8. The van der Waals surface area contributed by atoms with Crippen molar-refractivity contribution in [2.75, 3.05) is 0 Å². The molecule has 0 spiro atoms. The van der Waals surface area contributed by atoms with Gasteiger partial charge in [0, 0.05) is 43.7 Å². The molecule has 0 N–H and O–H groups in total. The van der Waals surface area contributed by atoms with Crippen LogP contribution in [0.15, 0.2) is 200 Å². The lowest BCUT2D eigenvalue weighted by Crippen LogP contribution is -2.03. The normalized spacial score (nSPS) is 12.3. The summed E-state index contributed by atoms with van der Waals surface area (Å²) in [6.07, 6.45) is 0. The minimum absolute atomic E-state index is 0.877. The van der Waals surface area contributed by atoms with Crippen LogP contribution in [0.4, 0.5) is 0 Å². The smallest absolute Gasteiger partial charge is 0.152 e. The number of nitrogens with zero attached hydrogens (tertiary/aromatic N) is 3. The van der Waals surface area contributed by atoms with Crippen LogP contribution in [0.2, 0.25) is 0 Å². The molecule has 0 unspecified atom stereocenters. The third kappa shape index (κ3) is 4.34. The Morgan fingerprint density at radius 3 is 1.57 bits per heavy atom. The highest BCUT2D eigenvalue weighted by Gasteiger charge is 2.25. The molecular formula is C54H33N3O. The van der Waals surface area contributed by atoms with Gasteiger partial charge in [0.1, 0.15) is 0 Å². The number of benzene rings is 9. The second-order valence-corrected chi connectivity index (χ2v) is 15.3. The largest absolute Gasteiger partial charge is 0.453 e. The molecule has 0 saturated heterocycles. The predicted octanol–water partition coefficient (Wildman–Crippen LogP) is 14.4. The Kier molecular flexibility index (Phi) is 6.41. The molecule has 0 amide bonds. The molecule has 270 valence electrons. The predicted molar refractivity (Wildman–Crippen MR) is 240 cm³/mol. The zero-order chi connectivity index (χ0) is 37.9. The van der Waals surface area contributed by atoms with Gasteiger partial charge in [0.25, 0.3) is 0 Å². The molecule has 1 aliphatic heterocycles. The Labute approximate surface area is 333 Å². The maximum absolute atomic E-state index is 6.47. The molecule has 12 aromatic rings. The molecule has 0 aliphatic carbocycles. The lowest BCUT2D eigenvalue weighted by molar-refractivity contribution is 0.476. The number of para-hydroxylation sites is 6. The van der Waals surface area contributed by atoms with Gasteiger partial charge in [0.2, 0.25) is 0 Å². The first-order valence-corrected chi connectivity index (χ1v) is 19.8. The van der Waals surface area contributed by atoms with Gasteiger partial charge in [-0.2, -0.15) is 0 Å². The minimum atomic E-state index is 0.877. The molecule has 0 fully saturated rings. The third-order valence-electron chi connectivity index (χ3n) is 12.2. The van der Waals surface area contributed by atoms with E-state index in [1.807, 2.05) is 12.1 Å². The Morgan fingerprint density at radius 2 is 0.862 bits per heavy atom. The maximum atomic E-state index is 6.47. The molecule has 3 aromatic heterocycles. The number of fused-ring (bicyclic) bond motifs is 11. The summed E-state index contributed by atoms with van der Waals surface area (Å²) < 4.78 is 13.7. The van der Waals surface area contributed by atoms with Gasteiger partial charge < -0.3 is 18.4 Å². The van der Waals surface area contributed by atoms with Crippen molar-refractivity contribution in [2.45, 2.75) is 0 Å². The third-order valence-corrected chi connectivity index (χ3v) is 12.2. The van der Waals surface area contributed by atoms with Crippen LogP contribution in [0, 0.1) is 0 Å². The summed E-state index contributed by atoms with van der Waals surface area (Å²) >= 11 is 0. The van der Waals surface area contributed by atoms with Crippen LogP contribution in [0.5, 0.6) is 11.5 Å². The molecule has 0 bridgehead atoms. The highest BCUT2D eigenvalue weighted by molar-refractivity contribution is 6.18. The van der Waals surface area contributed by atoms with Crippen molar-refractivity contribution in [2.24, 2.45) is 0 Å². The van der Waals surface area contributed by atoms with Crippen molar-refractivity contribution in [1.82, 2.24) is 13.7 Å². The van der Waals surface area contributed by atoms with Crippen LogP contribution in [0.25, 0.3) is 105 Å². The van der Waals surface area contributed by atoms with Crippen LogP contribution in [0.3, 0.4) is 0 Å². The minimum Gasteiger partial charge on any atom is -0.453 e. The van der Waals surface area contributed by atoms with Gasteiger partial charge in [-0.05, 0) is 101 Å².